The zero-order valence-corrected chi connectivity index (χ0v) is 12.7. The van der Waals surface area contributed by atoms with Gasteiger partial charge in [0.15, 0.2) is 0 Å². The van der Waals surface area contributed by atoms with Crippen LogP contribution in [0.15, 0.2) is 54.7 Å². The van der Waals surface area contributed by atoms with Gasteiger partial charge in [0.2, 0.25) is 0 Å². The largest absolute Gasteiger partial charge is 0.396 e. The quantitative estimate of drug-likeness (QED) is 0.654. The number of carbonyl (C=O) groups is 1. The number of carbonyl (C=O) groups excluding carboxylic acids is 1. The zero-order valence-electron chi connectivity index (χ0n) is 12.7. The summed E-state index contributed by atoms with van der Waals surface area (Å²) in [5, 5.41) is 20.0. The molecule has 5 heteroatoms. The Morgan fingerprint density at radius 1 is 1.17 bits per heavy atom. The van der Waals surface area contributed by atoms with Gasteiger partial charge in [-0.3, -0.25) is 9.89 Å². The molecule has 1 heterocycles. The van der Waals surface area contributed by atoms with Crippen LogP contribution in [0, 0.1) is 0 Å². The highest BCUT2D eigenvalue weighted by molar-refractivity contribution is 6.05. The van der Waals surface area contributed by atoms with Crippen molar-refractivity contribution in [3.05, 3.63) is 65.9 Å². The molecule has 0 aliphatic carbocycles. The minimum Gasteiger partial charge on any atom is -0.396 e. The molecule has 1 aromatic heterocycles. The topological polar surface area (TPSA) is 78.0 Å². The number of aliphatic hydroxyl groups excluding tert-OH is 1. The Morgan fingerprint density at radius 2 is 2.00 bits per heavy atom. The van der Waals surface area contributed by atoms with E-state index in [9.17, 15) is 9.90 Å². The smallest absolute Gasteiger partial charge is 0.253 e. The molecule has 3 rings (SSSR count). The Bertz CT molecular complexity index is 783. The molecular formula is C18H19N3O2. The van der Waals surface area contributed by atoms with E-state index in [1.165, 1.54) is 0 Å². The van der Waals surface area contributed by atoms with Crippen LogP contribution in [0.5, 0.6) is 0 Å². The second-order valence-corrected chi connectivity index (χ2v) is 5.47. The van der Waals surface area contributed by atoms with Crippen LogP contribution >= 0.6 is 0 Å². The van der Waals surface area contributed by atoms with Crippen LogP contribution in [0.2, 0.25) is 0 Å². The van der Waals surface area contributed by atoms with Gasteiger partial charge in [0.1, 0.15) is 0 Å². The van der Waals surface area contributed by atoms with Crippen LogP contribution in [0.1, 0.15) is 28.3 Å². The fourth-order valence-corrected chi connectivity index (χ4v) is 2.74. The van der Waals surface area contributed by atoms with Gasteiger partial charge in [0, 0.05) is 24.5 Å². The Kier molecular flexibility index (Phi) is 4.68. The SMILES string of the molecule is O=C(NCC(CCO)c1ccccc1)c1cccc2cn[nH]c12. The highest BCUT2D eigenvalue weighted by Gasteiger charge is 2.15. The Hall–Kier alpha value is -2.66. The third kappa shape index (κ3) is 3.40. The number of nitrogens with zero attached hydrogens (tertiary/aromatic N) is 1. The number of para-hydroxylation sites is 1. The average Bonchev–Trinajstić information content (AvgIpc) is 3.07. The number of aliphatic hydroxyl groups is 1. The number of H-pyrrole nitrogens is 1. The Balaban J connectivity index is 1.73. The van der Waals surface area contributed by atoms with Crippen molar-refractivity contribution in [1.29, 1.82) is 0 Å². The minimum atomic E-state index is -0.140. The van der Waals surface area contributed by atoms with Gasteiger partial charge < -0.3 is 10.4 Å². The summed E-state index contributed by atoms with van der Waals surface area (Å²) in [6, 6.07) is 15.4. The lowest BCUT2D eigenvalue weighted by Crippen LogP contribution is -2.29. The molecular weight excluding hydrogens is 290 g/mol. The number of hydrogen-bond donors (Lipinski definition) is 3. The van der Waals surface area contributed by atoms with Crippen molar-refractivity contribution in [2.24, 2.45) is 0 Å². The molecule has 3 aromatic rings. The first-order valence-corrected chi connectivity index (χ1v) is 7.65. The van der Waals surface area contributed by atoms with Gasteiger partial charge in [-0.25, -0.2) is 0 Å². The maximum atomic E-state index is 12.5. The predicted molar refractivity (Wildman–Crippen MR) is 89.3 cm³/mol. The lowest BCUT2D eigenvalue weighted by atomic mass is 9.96. The maximum absolute atomic E-state index is 12.5. The lowest BCUT2D eigenvalue weighted by molar-refractivity contribution is 0.0951. The number of nitrogens with one attached hydrogen (secondary N) is 2. The van der Waals surface area contributed by atoms with Crippen molar-refractivity contribution < 1.29 is 9.90 Å². The van der Waals surface area contributed by atoms with E-state index in [0.717, 1.165) is 16.5 Å². The van der Waals surface area contributed by atoms with Crippen molar-refractivity contribution in [3.8, 4) is 0 Å². The maximum Gasteiger partial charge on any atom is 0.253 e. The first-order valence-electron chi connectivity index (χ1n) is 7.65. The van der Waals surface area contributed by atoms with E-state index in [-0.39, 0.29) is 18.4 Å². The van der Waals surface area contributed by atoms with E-state index >= 15 is 0 Å². The highest BCUT2D eigenvalue weighted by atomic mass is 16.3. The van der Waals surface area contributed by atoms with Crippen molar-refractivity contribution in [3.63, 3.8) is 0 Å². The van der Waals surface area contributed by atoms with Crippen LogP contribution in [0.4, 0.5) is 0 Å². The van der Waals surface area contributed by atoms with E-state index in [0.29, 0.717) is 18.5 Å². The van der Waals surface area contributed by atoms with Gasteiger partial charge in [0.05, 0.1) is 17.3 Å². The molecule has 0 spiro atoms. The van der Waals surface area contributed by atoms with E-state index in [2.05, 4.69) is 15.5 Å². The lowest BCUT2D eigenvalue weighted by Gasteiger charge is -2.17. The van der Waals surface area contributed by atoms with Crippen LogP contribution in [0.3, 0.4) is 0 Å². The second kappa shape index (κ2) is 7.07. The number of hydrogen-bond acceptors (Lipinski definition) is 3. The fourth-order valence-electron chi connectivity index (χ4n) is 2.74. The van der Waals surface area contributed by atoms with Crippen LogP contribution < -0.4 is 5.32 Å². The molecule has 0 aliphatic heterocycles. The summed E-state index contributed by atoms with van der Waals surface area (Å²) in [5.41, 5.74) is 2.43. The standard InChI is InChI=1S/C18H19N3O2/c22-10-9-14(13-5-2-1-3-6-13)11-19-18(23)16-8-4-7-15-12-20-21-17(15)16/h1-8,12,14,22H,9-11H2,(H,19,23)(H,20,21). The summed E-state index contributed by atoms with van der Waals surface area (Å²) in [7, 11) is 0. The predicted octanol–water partition coefficient (Wildman–Crippen LogP) is 2.46. The van der Waals surface area contributed by atoms with Crippen molar-refractivity contribution >= 4 is 16.8 Å². The van der Waals surface area contributed by atoms with Crippen LogP contribution in [0.25, 0.3) is 10.9 Å². The van der Waals surface area contributed by atoms with Crippen LogP contribution in [-0.4, -0.2) is 34.4 Å². The Morgan fingerprint density at radius 3 is 2.78 bits per heavy atom. The second-order valence-electron chi connectivity index (χ2n) is 5.47. The number of benzene rings is 2. The number of aromatic nitrogens is 2. The number of aromatic amines is 1. The monoisotopic (exact) mass is 309 g/mol. The average molecular weight is 309 g/mol. The molecule has 118 valence electrons. The highest BCUT2D eigenvalue weighted by Crippen LogP contribution is 2.19. The molecule has 1 amide bonds. The van der Waals surface area contributed by atoms with Gasteiger partial charge in [-0.15, -0.1) is 0 Å². The zero-order chi connectivity index (χ0) is 16.1. The summed E-state index contributed by atoms with van der Waals surface area (Å²) >= 11 is 0. The fraction of sp³-hybridized carbons (Fsp3) is 0.222. The first kappa shape index (κ1) is 15.2. The Labute approximate surface area is 134 Å². The number of rotatable bonds is 6. The molecule has 0 radical (unpaired) electrons. The third-order valence-corrected chi connectivity index (χ3v) is 3.98. The molecule has 5 nitrogen and oxygen atoms in total. The molecule has 0 aliphatic rings. The summed E-state index contributed by atoms with van der Waals surface area (Å²) in [5.74, 6) is -0.0511. The molecule has 0 fully saturated rings. The first-order chi connectivity index (χ1) is 11.3. The molecule has 2 aromatic carbocycles. The van der Waals surface area contributed by atoms with Gasteiger partial charge in [0.25, 0.3) is 5.91 Å². The van der Waals surface area contributed by atoms with Gasteiger partial charge in [-0.05, 0) is 18.1 Å². The normalized spacial score (nSPS) is 12.2. The summed E-state index contributed by atoms with van der Waals surface area (Å²) in [6.07, 6.45) is 2.31. The van der Waals surface area contributed by atoms with Gasteiger partial charge >= 0.3 is 0 Å². The van der Waals surface area contributed by atoms with E-state index in [4.69, 9.17) is 0 Å². The van der Waals surface area contributed by atoms with E-state index in [1.807, 2.05) is 42.5 Å². The summed E-state index contributed by atoms with van der Waals surface area (Å²) < 4.78 is 0. The molecule has 1 unspecified atom stereocenters. The van der Waals surface area contributed by atoms with E-state index in [1.54, 1.807) is 12.3 Å². The third-order valence-electron chi connectivity index (χ3n) is 3.98. The summed E-state index contributed by atoms with van der Waals surface area (Å²) in [6.45, 7) is 0.569. The molecule has 3 N–H and O–H groups in total. The van der Waals surface area contributed by atoms with Gasteiger partial charge in [-0.1, -0.05) is 42.5 Å². The van der Waals surface area contributed by atoms with Crippen molar-refractivity contribution in [2.45, 2.75) is 12.3 Å². The van der Waals surface area contributed by atoms with Crippen molar-refractivity contribution in [2.75, 3.05) is 13.2 Å². The minimum absolute atomic E-state index is 0.0889. The van der Waals surface area contributed by atoms with Gasteiger partial charge in [-0.2, -0.15) is 5.10 Å². The summed E-state index contributed by atoms with van der Waals surface area (Å²) in [4.78, 5) is 12.5. The van der Waals surface area contributed by atoms with Crippen molar-refractivity contribution in [1.82, 2.24) is 15.5 Å². The molecule has 23 heavy (non-hydrogen) atoms. The van der Waals surface area contributed by atoms with Crippen LogP contribution in [-0.2, 0) is 0 Å². The molecule has 0 saturated heterocycles. The molecule has 0 bridgehead atoms. The molecule has 1 atom stereocenters. The number of fused-ring (bicyclic) bond motifs is 1. The van der Waals surface area contributed by atoms with E-state index < -0.39 is 0 Å². The molecule has 0 saturated carbocycles. The number of amides is 1.